The first-order chi connectivity index (χ1) is 7.59. The summed E-state index contributed by atoms with van der Waals surface area (Å²) in [4.78, 5) is 13.1. The summed E-state index contributed by atoms with van der Waals surface area (Å²) in [6, 6.07) is 5.20. The van der Waals surface area contributed by atoms with Crippen molar-refractivity contribution in [3.05, 3.63) is 28.6 Å². The Morgan fingerprint density at radius 1 is 1.56 bits per heavy atom. The van der Waals surface area contributed by atoms with Crippen LogP contribution in [0, 0.1) is 5.92 Å². The Hall–Kier alpha value is -0.810. The summed E-state index contributed by atoms with van der Waals surface area (Å²) >= 11 is 6.93. The third kappa shape index (κ3) is 2.15. The van der Waals surface area contributed by atoms with Crippen molar-refractivity contribution in [1.29, 1.82) is 0 Å². The number of anilines is 1. The van der Waals surface area contributed by atoms with Crippen molar-refractivity contribution in [2.45, 2.75) is 19.9 Å². The van der Waals surface area contributed by atoms with E-state index in [-0.39, 0.29) is 5.63 Å². The molecule has 1 saturated heterocycles. The maximum Gasteiger partial charge on any atom is 0.337 e. The number of nitrogens with zero attached hydrogens (tertiary/aromatic N) is 1. The molecule has 0 amide bonds. The second-order valence-corrected chi connectivity index (χ2v) is 5.70. The summed E-state index contributed by atoms with van der Waals surface area (Å²) in [7, 11) is 0. The van der Waals surface area contributed by atoms with E-state index in [0.717, 1.165) is 10.1 Å². The highest BCUT2D eigenvalue weighted by atomic mass is 32.2. The fourth-order valence-electron chi connectivity index (χ4n) is 1.69. The zero-order valence-corrected chi connectivity index (χ0v) is 10.8. The Kier molecular flexibility index (Phi) is 3.35. The molecule has 16 heavy (non-hydrogen) atoms. The highest BCUT2D eigenvalue weighted by molar-refractivity contribution is 8.23. The van der Waals surface area contributed by atoms with Crippen molar-refractivity contribution in [2.75, 3.05) is 10.7 Å². The van der Waals surface area contributed by atoms with Gasteiger partial charge in [-0.1, -0.05) is 37.8 Å². The fourth-order valence-corrected chi connectivity index (χ4v) is 3.33. The van der Waals surface area contributed by atoms with Crippen molar-refractivity contribution in [2.24, 2.45) is 5.92 Å². The molecule has 0 bridgehead atoms. The molecule has 0 spiro atoms. The lowest BCUT2D eigenvalue weighted by Crippen LogP contribution is -2.37. The standard InChI is InChI=1S/C11H13NO2S2/c1-7(2)8-6-16-11(15)12(8)9-4-3-5-10(13)14-9/h3-5,7-8H,6H2,1-2H3/t8-/m1/s1. The summed E-state index contributed by atoms with van der Waals surface area (Å²) in [5.41, 5.74) is -0.334. The Balaban J connectivity index is 2.37. The van der Waals surface area contributed by atoms with E-state index in [1.54, 1.807) is 23.9 Å². The van der Waals surface area contributed by atoms with Crippen LogP contribution in [0.5, 0.6) is 0 Å². The molecule has 1 aliphatic heterocycles. The SMILES string of the molecule is CC(C)[C@H]1CSC(=S)N1c1cccc(=O)o1. The number of thioether (sulfide) groups is 1. The van der Waals surface area contributed by atoms with E-state index in [9.17, 15) is 4.79 Å². The van der Waals surface area contributed by atoms with Gasteiger partial charge in [-0.25, -0.2) is 4.79 Å². The van der Waals surface area contributed by atoms with Crippen molar-refractivity contribution < 1.29 is 4.42 Å². The molecule has 1 aromatic heterocycles. The van der Waals surface area contributed by atoms with Crippen LogP contribution in [-0.2, 0) is 0 Å². The van der Waals surface area contributed by atoms with Crippen LogP contribution in [0.4, 0.5) is 5.88 Å². The first kappa shape index (κ1) is 11.7. The molecule has 2 rings (SSSR count). The van der Waals surface area contributed by atoms with Crippen LogP contribution in [0.1, 0.15) is 13.8 Å². The van der Waals surface area contributed by atoms with E-state index in [1.807, 2.05) is 4.90 Å². The second kappa shape index (κ2) is 4.59. The lowest BCUT2D eigenvalue weighted by molar-refractivity contribution is 0.470. The van der Waals surface area contributed by atoms with E-state index in [4.69, 9.17) is 16.6 Å². The van der Waals surface area contributed by atoms with Gasteiger partial charge in [0.1, 0.15) is 4.32 Å². The molecule has 0 saturated carbocycles. The van der Waals surface area contributed by atoms with Gasteiger partial charge in [-0.05, 0) is 18.1 Å². The molecule has 1 atom stereocenters. The Morgan fingerprint density at radius 2 is 2.31 bits per heavy atom. The van der Waals surface area contributed by atoms with Crippen LogP contribution in [0.15, 0.2) is 27.4 Å². The highest BCUT2D eigenvalue weighted by Crippen LogP contribution is 2.32. The molecular weight excluding hydrogens is 242 g/mol. The molecule has 0 aliphatic carbocycles. The maximum absolute atomic E-state index is 11.2. The molecule has 1 aromatic rings. The average molecular weight is 255 g/mol. The number of hydrogen-bond donors (Lipinski definition) is 0. The normalized spacial score (nSPS) is 20.8. The zero-order valence-electron chi connectivity index (χ0n) is 9.17. The minimum atomic E-state index is -0.334. The maximum atomic E-state index is 11.2. The van der Waals surface area contributed by atoms with Crippen LogP contribution < -0.4 is 10.5 Å². The topological polar surface area (TPSA) is 33.5 Å². The fraction of sp³-hybridized carbons (Fsp3) is 0.455. The molecule has 3 nitrogen and oxygen atoms in total. The predicted molar refractivity (Wildman–Crippen MR) is 71.1 cm³/mol. The van der Waals surface area contributed by atoms with Crippen molar-refractivity contribution in [1.82, 2.24) is 0 Å². The van der Waals surface area contributed by atoms with Crippen LogP contribution in [0.2, 0.25) is 0 Å². The number of thiocarbonyl (C=S) groups is 1. The Labute approximate surface area is 104 Å². The number of rotatable bonds is 2. The molecule has 0 N–H and O–H groups in total. The smallest absolute Gasteiger partial charge is 0.337 e. The molecule has 86 valence electrons. The second-order valence-electron chi connectivity index (χ2n) is 4.04. The molecule has 0 aromatic carbocycles. The van der Waals surface area contributed by atoms with Gasteiger partial charge in [0.25, 0.3) is 0 Å². The summed E-state index contributed by atoms with van der Waals surface area (Å²) in [6.07, 6.45) is 0. The minimum absolute atomic E-state index is 0.308. The van der Waals surface area contributed by atoms with Gasteiger partial charge in [0, 0.05) is 11.8 Å². The van der Waals surface area contributed by atoms with E-state index >= 15 is 0 Å². The van der Waals surface area contributed by atoms with Gasteiger partial charge in [0.2, 0.25) is 5.88 Å². The van der Waals surface area contributed by atoms with Gasteiger partial charge in [0.05, 0.1) is 6.04 Å². The first-order valence-electron chi connectivity index (χ1n) is 5.16. The van der Waals surface area contributed by atoms with Gasteiger partial charge in [0.15, 0.2) is 0 Å². The van der Waals surface area contributed by atoms with Crippen molar-refractivity contribution in [3.63, 3.8) is 0 Å². The van der Waals surface area contributed by atoms with Crippen LogP contribution in [0.25, 0.3) is 0 Å². The van der Waals surface area contributed by atoms with E-state index < -0.39 is 0 Å². The number of hydrogen-bond acceptors (Lipinski definition) is 4. The van der Waals surface area contributed by atoms with E-state index in [0.29, 0.717) is 17.8 Å². The van der Waals surface area contributed by atoms with Gasteiger partial charge < -0.3 is 4.42 Å². The largest absolute Gasteiger partial charge is 0.406 e. The Bertz CT molecular complexity index is 455. The Morgan fingerprint density at radius 3 is 2.94 bits per heavy atom. The summed E-state index contributed by atoms with van der Waals surface area (Å²) < 4.78 is 5.97. The predicted octanol–water partition coefficient (Wildman–Crippen LogP) is 2.50. The van der Waals surface area contributed by atoms with Crippen molar-refractivity contribution in [3.8, 4) is 0 Å². The van der Waals surface area contributed by atoms with Crippen LogP contribution >= 0.6 is 24.0 Å². The van der Waals surface area contributed by atoms with Gasteiger partial charge in [-0.2, -0.15) is 0 Å². The third-order valence-electron chi connectivity index (χ3n) is 2.59. The van der Waals surface area contributed by atoms with Gasteiger partial charge in [-0.15, -0.1) is 0 Å². The summed E-state index contributed by atoms with van der Waals surface area (Å²) in [6.45, 7) is 4.29. The first-order valence-corrected chi connectivity index (χ1v) is 6.55. The van der Waals surface area contributed by atoms with E-state index in [2.05, 4.69) is 13.8 Å². The molecule has 1 fully saturated rings. The molecule has 0 radical (unpaired) electrons. The molecule has 1 aliphatic rings. The van der Waals surface area contributed by atoms with E-state index in [1.165, 1.54) is 6.07 Å². The summed E-state index contributed by atoms with van der Waals surface area (Å²) in [5.74, 6) is 1.98. The molecule has 5 heteroatoms. The highest BCUT2D eigenvalue weighted by Gasteiger charge is 2.33. The molecule has 2 heterocycles. The van der Waals surface area contributed by atoms with Gasteiger partial charge >= 0.3 is 5.63 Å². The monoisotopic (exact) mass is 255 g/mol. The molecular formula is C11H13NO2S2. The lowest BCUT2D eigenvalue weighted by Gasteiger charge is -2.26. The third-order valence-corrected chi connectivity index (χ3v) is 4.09. The quantitative estimate of drug-likeness (QED) is 0.758. The minimum Gasteiger partial charge on any atom is -0.406 e. The molecule has 0 unspecified atom stereocenters. The summed E-state index contributed by atoms with van der Waals surface area (Å²) in [5, 5.41) is 0. The lowest BCUT2D eigenvalue weighted by atomic mass is 10.1. The van der Waals surface area contributed by atoms with Crippen molar-refractivity contribution >= 4 is 34.2 Å². The van der Waals surface area contributed by atoms with Crippen LogP contribution in [-0.4, -0.2) is 16.1 Å². The van der Waals surface area contributed by atoms with Gasteiger partial charge in [-0.3, -0.25) is 4.90 Å². The zero-order chi connectivity index (χ0) is 11.7. The van der Waals surface area contributed by atoms with Crippen LogP contribution in [0.3, 0.4) is 0 Å². The average Bonchev–Trinajstić information content (AvgIpc) is 2.60.